The first-order valence-electron chi connectivity index (χ1n) is 5.02. The molecule has 18 heavy (non-hydrogen) atoms. The molecular weight excluding hydrogens is 333 g/mol. The number of alkyl halides is 4. The van der Waals surface area contributed by atoms with Gasteiger partial charge in [-0.15, -0.1) is 0 Å². The molecule has 0 aliphatic carbocycles. The summed E-state index contributed by atoms with van der Waals surface area (Å²) in [6.07, 6.45) is 0. The summed E-state index contributed by atoms with van der Waals surface area (Å²) in [6.45, 7) is 0.0104. The van der Waals surface area contributed by atoms with E-state index in [4.69, 9.17) is 9.47 Å². The average Bonchev–Trinajstić information content (AvgIpc) is 2.33. The molecule has 0 N–H and O–H groups in total. The van der Waals surface area contributed by atoms with E-state index in [0.29, 0.717) is 16.8 Å². The molecule has 0 saturated heterocycles. The maximum Gasteiger partial charge on any atom is 0.441 e. The maximum atomic E-state index is 11.9. The molecule has 0 aliphatic heterocycles. The van der Waals surface area contributed by atoms with Gasteiger partial charge in [0.1, 0.15) is 11.5 Å². The van der Waals surface area contributed by atoms with E-state index in [1.807, 2.05) is 0 Å². The van der Waals surface area contributed by atoms with Gasteiger partial charge in [0.2, 0.25) is 0 Å². The Hall–Kier alpha value is -0.560. The van der Waals surface area contributed by atoms with E-state index in [9.17, 15) is 13.2 Å². The number of rotatable bonds is 6. The molecule has 0 amide bonds. The molecule has 0 bridgehead atoms. The van der Waals surface area contributed by atoms with Crippen molar-refractivity contribution in [3.05, 3.63) is 23.8 Å². The van der Waals surface area contributed by atoms with Crippen molar-refractivity contribution >= 4 is 27.7 Å². The van der Waals surface area contributed by atoms with Crippen LogP contribution >= 0.6 is 27.7 Å². The van der Waals surface area contributed by atoms with Gasteiger partial charge in [0.25, 0.3) is 0 Å². The first-order valence-corrected chi connectivity index (χ1v) is 7.13. The van der Waals surface area contributed by atoms with Gasteiger partial charge < -0.3 is 9.47 Å². The molecule has 0 saturated carbocycles. The summed E-state index contributed by atoms with van der Waals surface area (Å²) in [6, 6.07) is 5.17. The van der Waals surface area contributed by atoms with Crippen molar-refractivity contribution in [1.82, 2.24) is 0 Å². The zero-order valence-corrected chi connectivity index (χ0v) is 12.0. The molecule has 2 nitrogen and oxygen atoms in total. The zero-order valence-electron chi connectivity index (χ0n) is 9.59. The Morgan fingerprint density at radius 3 is 2.61 bits per heavy atom. The summed E-state index contributed by atoms with van der Waals surface area (Å²) in [7, 11) is 1.55. The lowest BCUT2D eigenvalue weighted by atomic mass is 10.2. The average molecular weight is 345 g/mol. The van der Waals surface area contributed by atoms with Gasteiger partial charge >= 0.3 is 5.51 Å². The molecule has 7 heteroatoms. The molecule has 0 heterocycles. The van der Waals surface area contributed by atoms with E-state index in [-0.39, 0.29) is 24.1 Å². The van der Waals surface area contributed by atoms with Crippen molar-refractivity contribution in [2.75, 3.05) is 19.5 Å². The smallest absolute Gasteiger partial charge is 0.441 e. The van der Waals surface area contributed by atoms with Gasteiger partial charge in [-0.3, -0.25) is 0 Å². The third kappa shape index (κ3) is 5.39. The highest BCUT2D eigenvalue weighted by Crippen LogP contribution is 2.30. The quantitative estimate of drug-likeness (QED) is 0.568. The summed E-state index contributed by atoms with van der Waals surface area (Å²) in [5.74, 6) is 1.12. The fraction of sp³-hybridized carbons (Fsp3) is 0.455. The molecule has 1 rings (SSSR count). The number of thioether (sulfide) groups is 1. The van der Waals surface area contributed by atoms with Gasteiger partial charge in [0.15, 0.2) is 0 Å². The fourth-order valence-electron chi connectivity index (χ4n) is 1.24. The Labute approximate surface area is 116 Å². The van der Waals surface area contributed by atoms with Crippen LogP contribution in [0.2, 0.25) is 0 Å². The van der Waals surface area contributed by atoms with Crippen LogP contribution in [0.5, 0.6) is 11.5 Å². The molecule has 0 aromatic heterocycles. The molecule has 0 atom stereocenters. The minimum atomic E-state index is -4.21. The SMILES string of the molecule is COc1ccc(OCCSC(F)(F)F)c(CBr)c1. The van der Waals surface area contributed by atoms with Gasteiger partial charge in [-0.2, -0.15) is 13.2 Å². The summed E-state index contributed by atoms with van der Waals surface area (Å²) in [4.78, 5) is 0. The largest absolute Gasteiger partial charge is 0.497 e. The predicted octanol–water partition coefficient (Wildman–Crippen LogP) is 4.22. The molecule has 0 radical (unpaired) electrons. The number of benzene rings is 1. The van der Waals surface area contributed by atoms with Crippen molar-refractivity contribution in [3.8, 4) is 11.5 Å². The lowest BCUT2D eigenvalue weighted by Crippen LogP contribution is -2.08. The van der Waals surface area contributed by atoms with Crippen molar-refractivity contribution in [1.29, 1.82) is 0 Å². The van der Waals surface area contributed by atoms with Crippen LogP contribution in [0.25, 0.3) is 0 Å². The number of hydrogen-bond donors (Lipinski definition) is 0. The second-order valence-electron chi connectivity index (χ2n) is 3.25. The van der Waals surface area contributed by atoms with Gasteiger partial charge in [0, 0.05) is 16.6 Å². The number of halogens is 4. The lowest BCUT2D eigenvalue weighted by molar-refractivity contribution is -0.0329. The minimum absolute atomic E-state index is 0.0104. The van der Waals surface area contributed by atoms with Gasteiger partial charge in [0.05, 0.1) is 13.7 Å². The highest BCUT2D eigenvalue weighted by Gasteiger charge is 2.27. The summed E-state index contributed by atoms with van der Waals surface area (Å²) in [5, 5.41) is 0.548. The van der Waals surface area contributed by atoms with Crippen molar-refractivity contribution in [3.63, 3.8) is 0 Å². The van der Waals surface area contributed by atoms with Gasteiger partial charge in [-0.05, 0) is 30.0 Å². The lowest BCUT2D eigenvalue weighted by Gasteiger charge is -2.12. The zero-order chi connectivity index (χ0) is 13.6. The van der Waals surface area contributed by atoms with Gasteiger partial charge in [-0.1, -0.05) is 15.9 Å². The summed E-state index contributed by atoms with van der Waals surface area (Å²) >= 11 is 3.20. The Kier molecular flexibility index (Phi) is 6.14. The number of hydrogen-bond acceptors (Lipinski definition) is 3. The van der Waals surface area contributed by atoms with E-state index in [1.54, 1.807) is 25.3 Å². The van der Waals surface area contributed by atoms with E-state index >= 15 is 0 Å². The van der Waals surface area contributed by atoms with Crippen LogP contribution in [0.15, 0.2) is 18.2 Å². The van der Waals surface area contributed by atoms with E-state index in [0.717, 1.165) is 5.56 Å². The van der Waals surface area contributed by atoms with Crippen LogP contribution in [-0.2, 0) is 5.33 Å². The first kappa shape index (κ1) is 15.5. The van der Waals surface area contributed by atoms with Crippen LogP contribution in [-0.4, -0.2) is 25.0 Å². The summed E-state index contributed by atoms with van der Waals surface area (Å²) in [5.41, 5.74) is -3.37. The Bertz CT molecular complexity index is 385. The fourth-order valence-corrected chi connectivity index (χ4v) is 2.07. The molecule has 102 valence electrons. The molecule has 1 aromatic rings. The molecule has 0 spiro atoms. The van der Waals surface area contributed by atoms with Crippen LogP contribution in [0.1, 0.15) is 5.56 Å². The Morgan fingerprint density at radius 2 is 2.06 bits per heavy atom. The van der Waals surface area contributed by atoms with Crippen LogP contribution in [0, 0.1) is 0 Å². The third-order valence-electron chi connectivity index (χ3n) is 2.02. The monoisotopic (exact) mass is 344 g/mol. The van der Waals surface area contributed by atoms with E-state index < -0.39 is 5.51 Å². The predicted molar refractivity (Wildman–Crippen MR) is 69.6 cm³/mol. The number of methoxy groups -OCH3 is 1. The molecular formula is C11H12BrF3O2S. The van der Waals surface area contributed by atoms with Crippen LogP contribution in [0.3, 0.4) is 0 Å². The molecule has 1 aromatic carbocycles. The molecule has 0 unspecified atom stereocenters. The van der Waals surface area contributed by atoms with E-state index in [1.165, 1.54) is 0 Å². The van der Waals surface area contributed by atoms with Crippen molar-refractivity contribution in [2.24, 2.45) is 0 Å². The Balaban J connectivity index is 2.51. The minimum Gasteiger partial charge on any atom is -0.497 e. The second kappa shape index (κ2) is 7.13. The van der Waals surface area contributed by atoms with Crippen molar-refractivity contribution in [2.45, 2.75) is 10.8 Å². The van der Waals surface area contributed by atoms with E-state index in [2.05, 4.69) is 15.9 Å². The standard InChI is InChI=1S/C11H12BrF3O2S/c1-16-9-2-3-10(8(6-9)7-12)17-4-5-18-11(13,14)15/h2-3,6H,4-5,7H2,1H3. The first-order chi connectivity index (χ1) is 8.46. The normalized spacial score (nSPS) is 11.4. The van der Waals surface area contributed by atoms with Crippen molar-refractivity contribution < 1.29 is 22.6 Å². The molecule has 0 aliphatic rings. The highest BCUT2D eigenvalue weighted by atomic mass is 79.9. The number of ether oxygens (including phenoxy) is 2. The van der Waals surface area contributed by atoms with Crippen LogP contribution in [0.4, 0.5) is 13.2 Å². The van der Waals surface area contributed by atoms with Crippen LogP contribution < -0.4 is 9.47 Å². The topological polar surface area (TPSA) is 18.5 Å². The summed E-state index contributed by atoms with van der Waals surface area (Å²) < 4.78 is 46.1. The highest BCUT2D eigenvalue weighted by molar-refractivity contribution is 9.08. The second-order valence-corrected chi connectivity index (χ2v) is 4.97. The van der Waals surface area contributed by atoms with Gasteiger partial charge in [-0.25, -0.2) is 0 Å². The maximum absolute atomic E-state index is 11.9. The Morgan fingerprint density at radius 1 is 1.33 bits per heavy atom. The molecule has 0 fully saturated rings. The third-order valence-corrected chi connectivity index (χ3v) is 3.32.